The van der Waals surface area contributed by atoms with Crippen LogP contribution >= 0.6 is 0 Å². The van der Waals surface area contributed by atoms with Gasteiger partial charge >= 0.3 is 0 Å². The molecule has 88 valence electrons. The highest BCUT2D eigenvalue weighted by atomic mass is 16.3. The lowest BCUT2D eigenvalue weighted by Gasteiger charge is -2.25. The van der Waals surface area contributed by atoms with Crippen molar-refractivity contribution in [2.45, 2.75) is 26.8 Å². The summed E-state index contributed by atoms with van der Waals surface area (Å²) in [5.41, 5.74) is 6.16. The van der Waals surface area contributed by atoms with Crippen LogP contribution in [0, 0.1) is 5.41 Å². The van der Waals surface area contributed by atoms with Gasteiger partial charge in [-0.05, 0) is 29.7 Å². The molecule has 16 heavy (non-hydrogen) atoms. The summed E-state index contributed by atoms with van der Waals surface area (Å²) in [6.07, 6.45) is 0. The Kier molecular flexibility index (Phi) is 3.55. The van der Waals surface area contributed by atoms with Crippen molar-refractivity contribution < 1.29 is 9.90 Å². The maximum absolute atomic E-state index is 11.7. The van der Waals surface area contributed by atoms with Crippen molar-refractivity contribution in [2.24, 2.45) is 11.1 Å². The third-order valence-corrected chi connectivity index (χ3v) is 2.35. The number of anilines is 1. The first-order valence-electron chi connectivity index (χ1n) is 5.16. The highest BCUT2D eigenvalue weighted by Gasteiger charge is 2.27. The highest BCUT2D eigenvalue weighted by Crippen LogP contribution is 2.19. The first-order valence-corrected chi connectivity index (χ1v) is 5.16. The number of carbonyl (C=O) groups is 1. The van der Waals surface area contributed by atoms with Crippen LogP contribution in [0.1, 0.15) is 20.8 Å². The van der Waals surface area contributed by atoms with Gasteiger partial charge in [0.25, 0.3) is 0 Å². The molecule has 0 aromatic heterocycles. The zero-order chi connectivity index (χ0) is 12.3. The third kappa shape index (κ3) is 3.24. The van der Waals surface area contributed by atoms with E-state index >= 15 is 0 Å². The van der Waals surface area contributed by atoms with E-state index in [0.717, 1.165) is 0 Å². The van der Waals surface area contributed by atoms with E-state index in [-0.39, 0.29) is 17.1 Å². The number of carbonyl (C=O) groups excluding carboxylic acids is 1. The Morgan fingerprint density at radius 3 is 2.25 bits per heavy atom. The monoisotopic (exact) mass is 222 g/mol. The van der Waals surface area contributed by atoms with Crippen molar-refractivity contribution in [1.82, 2.24) is 0 Å². The molecule has 1 atom stereocenters. The van der Waals surface area contributed by atoms with Crippen LogP contribution in [0.4, 0.5) is 5.69 Å². The van der Waals surface area contributed by atoms with E-state index < -0.39 is 6.04 Å². The molecule has 0 bridgehead atoms. The normalized spacial score (nSPS) is 13.2. The van der Waals surface area contributed by atoms with Gasteiger partial charge in [0, 0.05) is 5.69 Å². The molecule has 0 spiro atoms. The molecule has 0 heterocycles. The van der Waals surface area contributed by atoms with Crippen LogP contribution in [0.25, 0.3) is 0 Å². The molecule has 0 aliphatic rings. The molecule has 0 radical (unpaired) electrons. The molecular weight excluding hydrogens is 204 g/mol. The van der Waals surface area contributed by atoms with Crippen molar-refractivity contribution >= 4 is 11.6 Å². The molecule has 1 aromatic carbocycles. The SMILES string of the molecule is CC(C)(C)C(N)C(=O)Nc1ccc(O)cc1. The van der Waals surface area contributed by atoms with Crippen LogP contribution in [0.15, 0.2) is 24.3 Å². The van der Waals surface area contributed by atoms with Crippen molar-refractivity contribution in [1.29, 1.82) is 0 Å². The summed E-state index contributed by atoms with van der Waals surface area (Å²) >= 11 is 0. The van der Waals surface area contributed by atoms with E-state index in [1.807, 2.05) is 20.8 Å². The molecule has 1 aromatic rings. The quantitative estimate of drug-likeness (QED) is 0.667. The number of hydrogen-bond acceptors (Lipinski definition) is 3. The average molecular weight is 222 g/mol. The zero-order valence-corrected chi connectivity index (χ0v) is 9.82. The predicted molar refractivity (Wildman–Crippen MR) is 64.2 cm³/mol. The molecule has 0 aliphatic carbocycles. The molecule has 4 heteroatoms. The molecule has 0 saturated carbocycles. The van der Waals surface area contributed by atoms with E-state index in [9.17, 15) is 4.79 Å². The van der Waals surface area contributed by atoms with Gasteiger partial charge in [-0.2, -0.15) is 0 Å². The van der Waals surface area contributed by atoms with Crippen LogP contribution in [-0.2, 0) is 4.79 Å². The van der Waals surface area contributed by atoms with Crippen molar-refractivity contribution in [2.75, 3.05) is 5.32 Å². The summed E-state index contributed by atoms with van der Waals surface area (Å²) in [5.74, 6) is -0.0590. The van der Waals surface area contributed by atoms with Crippen LogP contribution in [-0.4, -0.2) is 17.1 Å². The van der Waals surface area contributed by atoms with Gasteiger partial charge in [-0.15, -0.1) is 0 Å². The van der Waals surface area contributed by atoms with Crippen molar-refractivity contribution in [3.63, 3.8) is 0 Å². The third-order valence-electron chi connectivity index (χ3n) is 2.35. The Labute approximate surface area is 95.5 Å². The largest absolute Gasteiger partial charge is 0.508 e. The minimum absolute atomic E-state index is 0.165. The summed E-state index contributed by atoms with van der Waals surface area (Å²) < 4.78 is 0. The van der Waals surface area contributed by atoms with Crippen LogP contribution in [0.2, 0.25) is 0 Å². The average Bonchev–Trinajstić information content (AvgIpc) is 2.19. The van der Waals surface area contributed by atoms with Crippen LogP contribution in [0.3, 0.4) is 0 Å². The Morgan fingerprint density at radius 2 is 1.81 bits per heavy atom. The fraction of sp³-hybridized carbons (Fsp3) is 0.417. The first-order chi connectivity index (χ1) is 7.30. The Bertz CT molecular complexity index is 366. The number of amides is 1. The molecule has 1 amide bonds. The fourth-order valence-corrected chi connectivity index (χ4v) is 1.16. The lowest BCUT2D eigenvalue weighted by Crippen LogP contribution is -2.45. The second-order valence-corrected chi connectivity index (χ2v) is 4.88. The lowest BCUT2D eigenvalue weighted by molar-refractivity contribution is -0.119. The summed E-state index contributed by atoms with van der Waals surface area (Å²) in [5, 5.41) is 11.8. The number of nitrogens with one attached hydrogen (secondary N) is 1. The van der Waals surface area contributed by atoms with Gasteiger partial charge in [0.1, 0.15) is 5.75 Å². The number of phenols is 1. The zero-order valence-electron chi connectivity index (χ0n) is 9.82. The standard InChI is InChI=1S/C12H18N2O2/c1-12(2,3)10(13)11(16)14-8-4-6-9(15)7-5-8/h4-7,10,15H,13H2,1-3H3,(H,14,16). The maximum Gasteiger partial charge on any atom is 0.241 e. The number of rotatable bonds is 2. The van der Waals surface area contributed by atoms with E-state index in [1.54, 1.807) is 12.1 Å². The smallest absolute Gasteiger partial charge is 0.241 e. The summed E-state index contributed by atoms with van der Waals surface area (Å²) in [6.45, 7) is 5.73. The molecule has 4 N–H and O–H groups in total. The molecule has 1 unspecified atom stereocenters. The number of nitrogens with two attached hydrogens (primary N) is 1. The topological polar surface area (TPSA) is 75.4 Å². The van der Waals surface area contributed by atoms with E-state index in [1.165, 1.54) is 12.1 Å². The molecular formula is C12H18N2O2. The Hall–Kier alpha value is -1.55. The maximum atomic E-state index is 11.7. The van der Waals surface area contributed by atoms with Gasteiger partial charge in [-0.25, -0.2) is 0 Å². The van der Waals surface area contributed by atoms with Gasteiger partial charge in [-0.1, -0.05) is 20.8 Å². The second kappa shape index (κ2) is 4.53. The van der Waals surface area contributed by atoms with E-state index in [0.29, 0.717) is 5.69 Å². The second-order valence-electron chi connectivity index (χ2n) is 4.88. The van der Waals surface area contributed by atoms with Crippen LogP contribution in [0.5, 0.6) is 5.75 Å². The van der Waals surface area contributed by atoms with Gasteiger partial charge in [0.15, 0.2) is 0 Å². The van der Waals surface area contributed by atoms with E-state index in [2.05, 4.69) is 5.32 Å². The summed E-state index contributed by atoms with van der Waals surface area (Å²) in [7, 11) is 0. The highest BCUT2D eigenvalue weighted by molar-refractivity contribution is 5.95. The van der Waals surface area contributed by atoms with Gasteiger partial charge in [0.2, 0.25) is 5.91 Å². The Morgan fingerprint density at radius 1 is 1.31 bits per heavy atom. The van der Waals surface area contributed by atoms with Crippen molar-refractivity contribution in [3.05, 3.63) is 24.3 Å². The summed E-state index contributed by atoms with van der Waals surface area (Å²) in [6, 6.07) is 5.71. The van der Waals surface area contributed by atoms with Crippen LogP contribution < -0.4 is 11.1 Å². The van der Waals surface area contributed by atoms with Crippen molar-refractivity contribution in [3.8, 4) is 5.75 Å². The first kappa shape index (κ1) is 12.5. The van der Waals surface area contributed by atoms with Gasteiger partial charge < -0.3 is 16.2 Å². The minimum atomic E-state index is -0.568. The Balaban J connectivity index is 2.68. The number of phenolic OH excluding ortho intramolecular Hbond substituents is 1. The van der Waals surface area contributed by atoms with E-state index in [4.69, 9.17) is 10.8 Å². The molecule has 0 fully saturated rings. The number of benzene rings is 1. The molecule has 0 aliphatic heterocycles. The molecule has 4 nitrogen and oxygen atoms in total. The number of hydrogen-bond donors (Lipinski definition) is 3. The van der Waals surface area contributed by atoms with Gasteiger partial charge in [-0.3, -0.25) is 4.79 Å². The molecule has 0 saturated heterocycles. The fourth-order valence-electron chi connectivity index (χ4n) is 1.16. The summed E-state index contributed by atoms with van der Waals surface area (Å²) in [4.78, 5) is 11.7. The molecule has 1 rings (SSSR count). The predicted octanol–water partition coefficient (Wildman–Crippen LogP) is 1.70. The lowest BCUT2D eigenvalue weighted by atomic mass is 9.87. The van der Waals surface area contributed by atoms with Gasteiger partial charge in [0.05, 0.1) is 6.04 Å². The number of aromatic hydroxyl groups is 1. The minimum Gasteiger partial charge on any atom is -0.508 e.